The van der Waals surface area contributed by atoms with Crippen LogP contribution in [0.4, 0.5) is 0 Å². The lowest BCUT2D eigenvalue weighted by Crippen LogP contribution is -2.69. The fourth-order valence-corrected chi connectivity index (χ4v) is 5.50. The predicted molar refractivity (Wildman–Crippen MR) is 153 cm³/mol. The van der Waals surface area contributed by atoms with Crippen molar-refractivity contribution in [2.45, 2.75) is 119 Å². The van der Waals surface area contributed by atoms with Gasteiger partial charge in [-0.2, -0.15) is 0 Å². The molecule has 3 fully saturated rings. The van der Waals surface area contributed by atoms with E-state index in [4.69, 9.17) is 28.4 Å². The van der Waals surface area contributed by atoms with Gasteiger partial charge in [-0.3, -0.25) is 14.4 Å². The van der Waals surface area contributed by atoms with E-state index < -0.39 is 148 Å². The van der Waals surface area contributed by atoms with Crippen molar-refractivity contribution in [1.29, 1.82) is 0 Å². The Morgan fingerprint density at radius 2 is 1.14 bits per heavy atom. The van der Waals surface area contributed by atoms with Gasteiger partial charge in [-0.25, -0.2) is 4.79 Å². The zero-order valence-corrected chi connectivity index (χ0v) is 26.7. The number of carboxylic acids is 1. The Bertz CT molecular complexity index is 1130. The molecule has 0 saturated carbocycles. The minimum Gasteiger partial charge on any atom is -0.480 e. The normalized spacial score (nSPS) is 40.2. The molecule has 3 aliphatic heterocycles. The number of carbonyl (C=O) groups excluding carboxylic acids is 3. The van der Waals surface area contributed by atoms with Gasteiger partial charge in [0.05, 0.1) is 26.4 Å². The molecule has 49 heavy (non-hydrogen) atoms. The van der Waals surface area contributed by atoms with Gasteiger partial charge in [-0.05, 0) is 0 Å². The molecule has 16 atom stereocenters. The number of carbonyl (C=O) groups is 4. The lowest BCUT2D eigenvalue weighted by molar-refractivity contribution is -0.349. The summed E-state index contributed by atoms with van der Waals surface area (Å²) in [7, 11) is 0. The van der Waals surface area contributed by atoms with Crippen LogP contribution in [0.25, 0.3) is 0 Å². The number of ether oxygens (including phenoxy) is 6. The molecule has 0 unspecified atom stereocenters. The minimum atomic E-state index is -1.96. The van der Waals surface area contributed by atoms with Crippen molar-refractivity contribution < 1.29 is 93.6 Å². The highest BCUT2D eigenvalue weighted by molar-refractivity contribution is 5.82. The van der Waals surface area contributed by atoms with E-state index in [2.05, 4.69) is 16.0 Å². The van der Waals surface area contributed by atoms with Gasteiger partial charge >= 0.3 is 5.97 Å². The van der Waals surface area contributed by atoms with Crippen molar-refractivity contribution in [2.24, 2.45) is 0 Å². The van der Waals surface area contributed by atoms with Crippen LogP contribution >= 0.6 is 0 Å². The molecule has 0 aromatic rings. The molecule has 0 aliphatic carbocycles. The van der Waals surface area contributed by atoms with Crippen LogP contribution in [0.5, 0.6) is 0 Å². The zero-order chi connectivity index (χ0) is 36.7. The molecule has 3 saturated heterocycles. The maximum atomic E-state index is 12.3. The monoisotopic (exact) mass is 715 g/mol. The summed E-state index contributed by atoms with van der Waals surface area (Å²) >= 11 is 0. The number of aliphatic carboxylic acids is 1. The summed E-state index contributed by atoms with van der Waals surface area (Å²) in [5, 5.41) is 99.1. The van der Waals surface area contributed by atoms with Crippen molar-refractivity contribution in [3.63, 3.8) is 0 Å². The summed E-state index contributed by atoms with van der Waals surface area (Å²) in [6, 6.07) is -4.55. The third-order valence-electron chi connectivity index (χ3n) is 7.96. The molecular weight excluding hydrogens is 670 g/mol. The molecule has 22 heteroatoms. The highest BCUT2D eigenvalue weighted by Gasteiger charge is 2.53. The van der Waals surface area contributed by atoms with Crippen LogP contribution < -0.4 is 16.0 Å². The summed E-state index contributed by atoms with van der Waals surface area (Å²) in [6.07, 6.45) is -22.0. The topological polar surface area (TPSA) is 342 Å². The van der Waals surface area contributed by atoms with Crippen LogP contribution in [0.2, 0.25) is 0 Å². The molecular formula is C27H45N3O19. The van der Waals surface area contributed by atoms with Gasteiger partial charge in [0, 0.05) is 20.8 Å². The Balaban J connectivity index is 1.95. The fraction of sp³-hybridized carbons (Fsp3) is 0.852. The van der Waals surface area contributed by atoms with Gasteiger partial charge in [0.1, 0.15) is 73.1 Å². The molecule has 3 rings (SSSR count). The zero-order valence-electron chi connectivity index (χ0n) is 26.7. The average Bonchev–Trinajstić information content (AvgIpc) is 3.03. The van der Waals surface area contributed by atoms with Crippen molar-refractivity contribution in [3.8, 4) is 0 Å². The van der Waals surface area contributed by atoms with Crippen LogP contribution in [-0.2, 0) is 47.6 Å². The van der Waals surface area contributed by atoms with E-state index in [0.29, 0.717) is 0 Å². The van der Waals surface area contributed by atoms with Crippen LogP contribution in [0, 0.1) is 0 Å². The summed E-state index contributed by atoms with van der Waals surface area (Å²) in [5.74, 6) is -3.62. The second-order valence-electron chi connectivity index (χ2n) is 11.7. The SMILES string of the molecule is CC(=O)N[C@H]1[C@H](OC[C@H]2O[C@H](OC[C@H](NC(C)=O)C(=O)O)[C@H](NC(C)=O)[C@@H](O[C@@H]3O[C@H](CO)[C@H](O)[C@H](O)[C@H]3O)[C@H]2O)O[C@H](CO)[C@@H](O)[C@@H]1O. The first-order valence-corrected chi connectivity index (χ1v) is 15.2. The maximum Gasteiger partial charge on any atom is 0.328 e. The van der Waals surface area contributed by atoms with Crippen molar-refractivity contribution in [2.75, 3.05) is 26.4 Å². The molecule has 12 N–H and O–H groups in total. The van der Waals surface area contributed by atoms with Crippen molar-refractivity contribution >= 4 is 23.7 Å². The first-order valence-electron chi connectivity index (χ1n) is 15.2. The summed E-state index contributed by atoms with van der Waals surface area (Å²) in [5.41, 5.74) is 0. The Kier molecular flexibility index (Phi) is 15.0. The molecule has 0 aromatic heterocycles. The molecule has 0 radical (unpaired) electrons. The third-order valence-corrected chi connectivity index (χ3v) is 7.96. The summed E-state index contributed by atoms with van der Waals surface area (Å²) in [4.78, 5) is 47.4. The summed E-state index contributed by atoms with van der Waals surface area (Å²) in [6.45, 7) is 0.183. The largest absolute Gasteiger partial charge is 0.480 e. The number of carboxylic acid groups (broad SMARTS) is 1. The molecule has 0 aromatic carbocycles. The molecule has 3 aliphatic rings. The molecule has 0 bridgehead atoms. The van der Waals surface area contributed by atoms with E-state index >= 15 is 0 Å². The molecule has 3 amide bonds. The van der Waals surface area contributed by atoms with Crippen LogP contribution in [0.15, 0.2) is 0 Å². The van der Waals surface area contributed by atoms with Crippen molar-refractivity contribution in [3.05, 3.63) is 0 Å². The van der Waals surface area contributed by atoms with Gasteiger partial charge in [0.2, 0.25) is 17.7 Å². The second kappa shape index (κ2) is 18.0. The Hall–Kier alpha value is -2.68. The van der Waals surface area contributed by atoms with E-state index in [0.717, 1.165) is 20.8 Å². The second-order valence-corrected chi connectivity index (χ2v) is 11.7. The minimum absolute atomic E-state index is 0.656. The molecule has 0 spiro atoms. The molecule has 3 heterocycles. The smallest absolute Gasteiger partial charge is 0.328 e. The number of amides is 3. The van der Waals surface area contributed by atoms with E-state index in [1.54, 1.807) is 0 Å². The highest BCUT2D eigenvalue weighted by atomic mass is 16.7. The first kappa shape index (κ1) is 40.7. The highest BCUT2D eigenvalue weighted by Crippen LogP contribution is 2.31. The number of rotatable bonds is 14. The Labute approximate surface area is 278 Å². The Morgan fingerprint density at radius 1 is 0.633 bits per heavy atom. The van der Waals surface area contributed by atoms with Gasteiger partial charge < -0.3 is 90.3 Å². The van der Waals surface area contributed by atoms with Gasteiger partial charge in [0.25, 0.3) is 0 Å². The number of aliphatic hydroxyl groups is 8. The van der Waals surface area contributed by atoms with Gasteiger partial charge in [-0.1, -0.05) is 0 Å². The molecule has 282 valence electrons. The predicted octanol–water partition coefficient (Wildman–Crippen LogP) is -7.67. The van der Waals surface area contributed by atoms with Crippen LogP contribution in [-0.4, -0.2) is 194 Å². The van der Waals surface area contributed by atoms with Crippen molar-refractivity contribution in [1.82, 2.24) is 16.0 Å². The lowest BCUT2D eigenvalue weighted by Gasteiger charge is -2.48. The van der Waals surface area contributed by atoms with Crippen LogP contribution in [0.3, 0.4) is 0 Å². The van der Waals surface area contributed by atoms with E-state index in [1.165, 1.54) is 0 Å². The van der Waals surface area contributed by atoms with E-state index in [9.17, 15) is 65.1 Å². The lowest BCUT2D eigenvalue weighted by atomic mass is 9.95. The molecule has 22 nitrogen and oxygen atoms in total. The number of nitrogens with one attached hydrogen (secondary N) is 3. The third kappa shape index (κ3) is 10.2. The summed E-state index contributed by atoms with van der Waals surface area (Å²) < 4.78 is 34.0. The number of hydrogen-bond acceptors (Lipinski definition) is 18. The van der Waals surface area contributed by atoms with Gasteiger partial charge in [-0.15, -0.1) is 0 Å². The number of aliphatic hydroxyl groups excluding tert-OH is 8. The van der Waals surface area contributed by atoms with E-state index in [-0.39, 0.29) is 0 Å². The first-order chi connectivity index (χ1) is 23.0. The van der Waals surface area contributed by atoms with Gasteiger partial charge in [0.15, 0.2) is 24.9 Å². The van der Waals surface area contributed by atoms with Crippen LogP contribution in [0.1, 0.15) is 20.8 Å². The maximum absolute atomic E-state index is 12.3. The van der Waals surface area contributed by atoms with E-state index in [1.807, 2.05) is 0 Å². The average molecular weight is 716 g/mol. The standard InChI is InChI=1S/C27H45N3O19/c1-8(33)28-11(24(42)43)6-44-26-16(30-10(3)35)23(49-27-22(41)21(40)18(37)13(5-32)47-27)19(38)14(48-26)7-45-25-15(29-9(2)34)20(39)17(36)12(4-31)46-25/h11-23,25-27,31-32,36-41H,4-7H2,1-3H3,(H,28,33)(H,29,34)(H,30,35)(H,42,43)/t11-,12+,13+,14+,15+,16+,17+,18-,19-,20+,21-,22+,23+,25+,26-,27-/m0/s1. The fourth-order valence-electron chi connectivity index (χ4n) is 5.50. The number of hydrogen-bond donors (Lipinski definition) is 12. The quantitative estimate of drug-likeness (QED) is 0.0794. The Morgan fingerprint density at radius 3 is 1.67 bits per heavy atom.